The van der Waals surface area contributed by atoms with Crippen LogP contribution in [0.5, 0.6) is 0 Å². The second-order valence-corrected chi connectivity index (χ2v) is 4.90. The van der Waals surface area contributed by atoms with Gasteiger partial charge in [-0.2, -0.15) is 0 Å². The van der Waals surface area contributed by atoms with Gasteiger partial charge in [-0.3, -0.25) is 4.79 Å². The smallest absolute Gasteiger partial charge is 0.312 e. The highest BCUT2D eigenvalue weighted by atomic mass is 16.5. The van der Waals surface area contributed by atoms with Crippen LogP contribution in [0.15, 0.2) is 30.3 Å². The fraction of sp³-hybridized carbons (Fsp3) is 0.500. The van der Waals surface area contributed by atoms with E-state index in [0.717, 1.165) is 5.56 Å². The number of hydrogen-bond acceptors (Lipinski definition) is 3. The Balaban J connectivity index is 2.58. The van der Waals surface area contributed by atoms with Gasteiger partial charge in [-0.1, -0.05) is 30.3 Å². The quantitative estimate of drug-likeness (QED) is 0.776. The largest absolute Gasteiger partial charge is 0.481 e. The lowest BCUT2D eigenvalue weighted by atomic mass is 9.99. The van der Waals surface area contributed by atoms with Crippen LogP contribution in [0, 0.1) is 0 Å². The van der Waals surface area contributed by atoms with Crippen LogP contribution in [0.25, 0.3) is 0 Å². The summed E-state index contributed by atoms with van der Waals surface area (Å²) < 4.78 is 5.28. The minimum absolute atomic E-state index is 0.292. The Morgan fingerprint density at radius 3 is 2.50 bits per heavy atom. The molecule has 1 aromatic rings. The molecule has 0 bridgehead atoms. The van der Waals surface area contributed by atoms with Gasteiger partial charge in [0.2, 0.25) is 0 Å². The van der Waals surface area contributed by atoms with E-state index in [-0.39, 0.29) is 5.60 Å². The molecule has 0 saturated carbocycles. The molecule has 0 aliphatic heterocycles. The van der Waals surface area contributed by atoms with Crippen LogP contribution in [0.2, 0.25) is 0 Å². The maximum atomic E-state index is 11.3. The molecule has 0 saturated heterocycles. The molecule has 0 heterocycles. The van der Waals surface area contributed by atoms with Crippen molar-refractivity contribution in [1.82, 2.24) is 5.32 Å². The fourth-order valence-electron chi connectivity index (χ4n) is 1.62. The summed E-state index contributed by atoms with van der Waals surface area (Å²) in [6.07, 6.45) is 0. The van der Waals surface area contributed by atoms with Crippen molar-refractivity contribution in [3.05, 3.63) is 35.9 Å². The van der Waals surface area contributed by atoms with Gasteiger partial charge in [-0.05, 0) is 19.4 Å². The molecule has 0 aromatic heterocycles. The lowest BCUT2D eigenvalue weighted by Gasteiger charge is -2.24. The SMILES string of the molecule is COC(C)(C)CNCC(C(=O)O)c1ccccc1. The number of methoxy groups -OCH3 is 1. The third-order valence-corrected chi connectivity index (χ3v) is 2.95. The Labute approximate surface area is 108 Å². The topological polar surface area (TPSA) is 58.6 Å². The lowest BCUT2D eigenvalue weighted by Crippen LogP contribution is -2.39. The van der Waals surface area contributed by atoms with Crippen molar-refractivity contribution in [2.75, 3.05) is 20.2 Å². The molecule has 18 heavy (non-hydrogen) atoms. The molecule has 0 aliphatic rings. The van der Waals surface area contributed by atoms with Crippen molar-refractivity contribution < 1.29 is 14.6 Å². The first-order chi connectivity index (χ1) is 8.46. The van der Waals surface area contributed by atoms with Crippen LogP contribution >= 0.6 is 0 Å². The first kappa shape index (κ1) is 14.7. The zero-order chi connectivity index (χ0) is 13.6. The Kier molecular flexibility index (Phi) is 5.31. The van der Waals surface area contributed by atoms with Gasteiger partial charge < -0.3 is 15.2 Å². The highest BCUT2D eigenvalue weighted by Crippen LogP contribution is 2.15. The van der Waals surface area contributed by atoms with Gasteiger partial charge in [-0.15, -0.1) is 0 Å². The molecule has 2 N–H and O–H groups in total. The van der Waals surface area contributed by atoms with Gasteiger partial charge in [0.05, 0.1) is 11.5 Å². The van der Waals surface area contributed by atoms with E-state index in [1.54, 1.807) is 7.11 Å². The molecule has 0 aliphatic carbocycles. The number of nitrogens with one attached hydrogen (secondary N) is 1. The van der Waals surface area contributed by atoms with Crippen molar-refractivity contribution in [1.29, 1.82) is 0 Å². The van der Waals surface area contributed by atoms with Gasteiger partial charge in [0.15, 0.2) is 0 Å². The second kappa shape index (κ2) is 6.52. The molecule has 0 amide bonds. The summed E-state index contributed by atoms with van der Waals surface area (Å²) in [5.41, 5.74) is 0.521. The summed E-state index contributed by atoms with van der Waals surface area (Å²) in [4.78, 5) is 11.3. The minimum Gasteiger partial charge on any atom is -0.481 e. The first-order valence-electron chi connectivity index (χ1n) is 6.00. The number of ether oxygens (including phenoxy) is 1. The Bertz CT molecular complexity index is 376. The minimum atomic E-state index is -0.816. The lowest BCUT2D eigenvalue weighted by molar-refractivity contribution is -0.138. The van der Waals surface area contributed by atoms with Crippen LogP contribution in [-0.4, -0.2) is 36.9 Å². The molecule has 4 heteroatoms. The van der Waals surface area contributed by atoms with Crippen LogP contribution in [0.3, 0.4) is 0 Å². The standard InChI is InChI=1S/C14H21NO3/c1-14(2,18-3)10-15-9-12(13(16)17)11-7-5-4-6-8-11/h4-8,12,15H,9-10H2,1-3H3,(H,16,17). The van der Waals surface area contributed by atoms with Crippen LogP contribution in [0.4, 0.5) is 0 Å². The molecule has 1 atom stereocenters. The predicted octanol–water partition coefficient (Wildman–Crippen LogP) is 1.87. The summed E-state index contributed by atoms with van der Waals surface area (Å²) in [6.45, 7) is 4.92. The van der Waals surface area contributed by atoms with E-state index in [9.17, 15) is 9.90 Å². The number of hydrogen-bond donors (Lipinski definition) is 2. The van der Waals surface area contributed by atoms with E-state index in [1.165, 1.54) is 0 Å². The van der Waals surface area contributed by atoms with E-state index in [0.29, 0.717) is 13.1 Å². The molecule has 0 radical (unpaired) electrons. The van der Waals surface area contributed by atoms with Gasteiger partial charge in [0.25, 0.3) is 0 Å². The fourth-order valence-corrected chi connectivity index (χ4v) is 1.62. The summed E-state index contributed by atoms with van der Waals surface area (Å²) in [7, 11) is 1.65. The maximum Gasteiger partial charge on any atom is 0.312 e. The molecule has 0 spiro atoms. The van der Waals surface area contributed by atoms with Crippen molar-refractivity contribution in [2.24, 2.45) is 0 Å². The third kappa shape index (κ3) is 4.47. The van der Waals surface area contributed by atoms with Crippen molar-refractivity contribution in [2.45, 2.75) is 25.4 Å². The first-order valence-corrected chi connectivity index (χ1v) is 6.00. The highest BCUT2D eigenvalue weighted by molar-refractivity contribution is 5.76. The molecule has 4 nitrogen and oxygen atoms in total. The zero-order valence-corrected chi connectivity index (χ0v) is 11.1. The van der Waals surface area contributed by atoms with Crippen LogP contribution in [0.1, 0.15) is 25.3 Å². The summed E-state index contributed by atoms with van der Waals surface area (Å²) in [5.74, 6) is -1.34. The normalized spacial score (nSPS) is 13.3. The van der Waals surface area contributed by atoms with Gasteiger partial charge in [0, 0.05) is 20.2 Å². The number of carboxylic acids is 1. The molecular formula is C14H21NO3. The van der Waals surface area contributed by atoms with E-state index >= 15 is 0 Å². The van der Waals surface area contributed by atoms with E-state index in [2.05, 4.69) is 5.32 Å². The summed E-state index contributed by atoms with van der Waals surface area (Å²) in [6, 6.07) is 9.25. The number of carbonyl (C=O) groups is 1. The molecule has 100 valence electrons. The number of rotatable bonds is 7. The van der Waals surface area contributed by atoms with E-state index < -0.39 is 11.9 Å². The molecule has 0 fully saturated rings. The summed E-state index contributed by atoms with van der Waals surface area (Å²) >= 11 is 0. The Morgan fingerprint density at radius 1 is 1.39 bits per heavy atom. The van der Waals surface area contributed by atoms with Crippen molar-refractivity contribution in [3.63, 3.8) is 0 Å². The third-order valence-electron chi connectivity index (χ3n) is 2.95. The molecule has 1 unspecified atom stereocenters. The highest BCUT2D eigenvalue weighted by Gasteiger charge is 2.21. The van der Waals surface area contributed by atoms with E-state index in [4.69, 9.17) is 4.74 Å². The number of aliphatic carboxylic acids is 1. The molecule has 1 rings (SSSR count). The molecular weight excluding hydrogens is 230 g/mol. The van der Waals surface area contributed by atoms with Gasteiger partial charge >= 0.3 is 5.97 Å². The summed E-state index contributed by atoms with van der Waals surface area (Å²) in [5, 5.41) is 12.4. The van der Waals surface area contributed by atoms with Gasteiger partial charge in [0.1, 0.15) is 0 Å². The predicted molar refractivity (Wildman–Crippen MR) is 70.8 cm³/mol. The van der Waals surface area contributed by atoms with Crippen molar-refractivity contribution in [3.8, 4) is 0 Å². The average molecular weight is 251 g/mol. The van der Waals surface area contributed by atoms with Crippen molar-refractivity contribution >= 4 is 5.97 Å². The number of carboxylic acid groups (broad SMARTS) is 1. The molecule has 1 aromatic carbocycles. The second-order valence-electron chi connectivity index (χ2n) is 4.90. The maximum absolute atomic E-state index is 11.3. The Morgan fingerprint density at radius 2 is 2.00 bits per heavy atom. The number of benzene rings is 1. The average Bonchev–Trinajstić information content (AvgIpc) is 2.35. The zero-order valence-electron chi connectivity index (χ0n) is 11.1. The van der Waals surface area contributed by atoms with Gasteiger partial charge in [-0.25, -0.2) is 0 Å². The Hall–Kier alpha value is -1.39. The van der Waals surface area contributed by atoms with Crippen LogP contribution < -0.4 is 5.32 Å². The van der Waals surface area contributed by atoms with E-state index in [1.807, 2.05) is 44.2 Å². The van der Waals surface area contributed by atoms with Crippen LogP contribution in [-0.2, 0) is 9.53 Å². The monoisotopic (exact) mass is 251 g/mol.